The van der Waals surface area contributed by atoms with Crippen molar-refractivity contribution in [1.82, 2.24) is 4.90 Å². The standard InChI is InChI=1S/C13H19BrN2S/c1-16(13(9-15)6-7-17-10-13)8-11-4-2-3-5-12(11)14/h2-5H,6-10,15H2,1H3. The number of rotatable bonds is 4. The minimum absolute atomic E-state index is 0.194. The summed E-state index contributed by atoms with van der Waals surface area (Å²) in [5, 5.41) is 0. The van der Waals surface area contributed by atoms with Crippen molar-refractivity contribution in [3.8, 4) is 0 Å². The van der Waals surface area contributed by atoms with Crippen LogP contribution < -0.4 is 5.73 Å². The lowest BCUT2D eigenvalue weighted by Crippen LogP contribution is -2.51. The largest absolute Gasteiger partial charge is 0.329 e. The highest BCUT2D eigenvalue weighted by Crippen LogP contribution is 2.33. The highest BCUT2D eigenvalue weighted by molar-refractivity contribution is 9.10. The van der Waals surface area contributed by atoms with Gasteiger partial charge in [0.05, 0.1) is 0 Å². The first kappa shape index (κ1) is 13.4. The Hall–Kier alpha value is -0.0300. The molecule has 1 saturated heterocycles. The summed E-state index contributed by atoms with van der Waals surface area (Å²) in [5.41, 5.74) is 7.52. The number of nitrogens with zero attached hydrogens (tertiary/aromatic N) is 1. The second kappa shape index (κ2) is 5.74. The Kier molecular flexibility index (Phi) is 4.53. The van der Waals surface area contributed by atoms with Gasteiger partial charge < -0.3 is 5.73 Å². The van der Waals surface area contributed by atoms with E-state index in [4.69, 9.17) is 5.73 Å². The number of halogens is 1. The van der Waals surface area contributed by atoms with Crippen LogP contribution in [0.2, 0.25) is 0 Å². The summed E-state index contributed by atoms with van der Waals surface area (Å²) in [6.07, 6.45) is 1.20. The van der Waals surface area contributed by atoms with Gasteiger partial charge in [-0.2, -0.15) is 11.8 Å². The van der Waals surface area contributed by atoms with E-state index in [1.165, 1.54) is 22.2 Å². The highest BCUT2D eigenvalue weighted by atomic mass is 79.9. The molecule has 1 aliphatic heterocycles. The number of benzene rings is 1. The van der Waals surface area contributed by atoms with Gasteiger partial charge in [0, 0.05) is 28.9 Å². The van der Waals surface area contributed by atoms with E-state index in [0.717, 1.165) is 18.8 Å². The first-order chi connectivity index (χ1) is 8.18. The van der Waals surface area contributed by atoms with E-state index in [9.17, 15) is 0 Å². The van der Waals surface area contributed by atoms with E-state index in [0.29, 0.717) is 0 Å². The van der Waals surface area contributed by atoms with E-state index in [1.54, 1.807) is 0 Å². The molecule has 0 radical (unpaired) electrons. The van der Waals surface area contributed by atoms with E-state index >= 15 is 0 Å². The third-order valence-electron chi connectivity index (χ3n) is 3.64. The van der Waals surface area contributed by atoms with Gasteiger partial charge in [0.2, 0.25) is 0 Å². The molecule has 0 aromatic heterocycles. The topological polar surface area (TPSA) is 29.3 Å². The second-order valence-electron chi connectivity index (χ2n) is 4.68. The molecule has 0 bridgehead atoms. The van der Waals surface area contributed by atoms with E-state index in [-0.39, 0.29) is 5.54 Å². The van der Waals surface area contributed by atoms with E-state index in [1.807, 2.05) is 11.8 Å². The number of likely N-dealkylation sites (N-methyl/N-ethyl adjacent to an activating group) is 1. The van der Waals surface area contributed by atoms with E-state index < -0.39 is 0 Å². The van der Waals surface area contributed by atoms with Crippen molar-refractivity contribution < 1.29 is 0 Å². The quantitative estimate of drug-likeness (QED) is 0.926. The average Bonchev–Trinajstić information content (AvgIpc) is 2.82. The molecule has 17 heavy (non-hydrogen) atoms. The van der Waals surface area contributed by atoms with Crippen molar-refractivity contribution in [1.29, 1.82) is 0 Å². The van der Waals surface area contributed by atoms with Crippen LogP contribution in [-0.2, 0) is 6.54 Å². The van der Waals surface area contributed by atoms with Gasteiger partial charge in [-0.15, -0.1) is 0 Å². The van der Waals surface area contributed by atoms with Gasteiger partial charge in [0.25, 0.3) is 0 Å². The van der Waals surface area contributed by atoms with Crippen molar-refractivity contribution in [3.63, 3.8) is 0 Å². The van der Waals surface area contributed by atoms with Gasteiger partial charge >= 0.3 is 0 Å². The van der Waals surface area contributed by atoms with Crippen molar-refractivity contribution in [2.24, 2.45) is 5.73 Å². The van der Waals surface area contributed by atoms with Crippen LogP contribution >= 0.6 is 27.7 Å². The van der Waals surface area contributed by atoms with Gasteiger partial charge in [-0.3, -0.25) is 4.90 Å². The van der Waals surface area contributed by atoms with Crippen LogP contribution in [0.4, 0.5) is 0 Å². The van der Waals surface area contributed by atoms with E-state index in [2.05, 4.69) is 52.1 Å². The molecule has 1 unspecified atom stereocenters. The number of hydrogen-bond donors (Lipinski definition) is 1. The summed E-state index contributed by atoms with van der Waals surface area (Å²) in [6, 6.07) is 8.42. The molecule has 1 fully saturated rings. The Balaban J connectivity index is 2.10. The minimum Gasteiger partial charge on any atom is -0.329 e. The van der Waals surface area contributed by atoms with Gasteiger partial charge in [-0.05, 0) is 30.9 Å². The average molecular weight is 315 g/mol. The molecule has 1 aromatic rings. The van der Waals surface area contributed by atoms with Crippen LogP contribution in [-0.4, -0.2) is 35.5 Å². The SMILES string of the molecule is CN(Cc1ccccc1Br)C1(CN)CCSC1. The number of nitrogens with two attached hydrogens (primary N) is 1. The zero-order chi connectivity index (χ0) is 12.3. The maximum Gasteiger partial charge on any atom is 0.0430 e. The summed E-state index contributed by atoms with van der Waals surface area (Å²) in [4.78, 5) is 2.42. The van der Waals surface area contributed by atoms with Crippen LogP contribution in [0.25, 0.3) is 0 Å². The fourth-order valence-corrected chi connectivity index (χ4v) is 4.21. The summed E-state index contributed by atoms with van der Waals surface area (Å²) in [7, 11) is 2.19. The minimum atomic E-state index is 0.194. The summed E-state index contributed by atoms with van der Waals surface area (Å²) < 4.78 is 1.18. The molecule has 2 nitrogen and oxygen atoms in total. The fraction of sp³-hybridized carbons (Fsp3) is 0.538. The van der Waals surface area contributed by atoms with Crippen LogP contribution in [0.1, 0.15) is 12.0 Å². The molecular weight excluding hydrogens is 296 g/mol. The molecule has 2 rings (SSSR count). The smallest absolute Gasteiger partial charge is 0.0430 e. The number of hydrogen-bond acceptors (Lipinski definition) is 3. The predicted octanol–water partition coefficient (Wildman–Crippen LogP) is 2.72. The molecule has 0 amide bonds. The molecule has 2 N–H and O–H groups in total. The molecule has 0 saturated carbocycles. The maximum atomic E-state index is 5.99. The van der Waals surface area contributed by atoms with Crippen LogP contribution in [0.15, 0.2) is 28.7 Å². The molecule has 1 aromatic carbocycles. The molecule has 0 aliphatic carbocycles. The Bertz CT molecular complexity index is 377. The molecule has 1 aliphatic rings. The molecule has 1 heterocycles. The third kappa shape index (κ3) is 2.87. The Morgan fingerprint density at radius 1 is 1.47 bits per heavy atom. The van der Waals surface area contributed by atoms with Crippen LogP contribution in [0.5, 0.6) is 0 Å². The van der Waals surface area contributed by atoms with Gasteiger partial charge in [-0.25, -0.2) is 0 Å². The first-order valence-corrected chi connectivity index (χ1v) is 7.85. The Morgan fingerprint density at radius 2 is 2.24 bits per heavy atom. The van der Waals surface area contributed by atoms with Crippen molar-refractivity contribution >= 4 is 27.7 Å². The summed E-state index contributed by atoms with van der Waals surface area (Å²) in [6.45, 7) is 1.71. The van der Waals surface area contributed by atoms with Crippen LogP contribution in [0.3, 0.4) is 0 Å². The lowest BCUT2D eigenvalue weighted by molar-refractivity contribution is 0.143. The lowest BCUT2D eigenvalue weighted by atomic mass is 9.96. The lowest BCUT2D eigenvalue weighted by Gasteiger charge is -2.37. The van der Waals surface area contributed by atoms with Crippen molar-refractivity contribution in [2.75, 3.05) is 25.1 Å². The van der Waals surface area contributed by atoms with Crippen molar-refractivity contribution in [3.05, 3.63) is 34.3 Å². The molecular formula is C13H19BrN2S. The monoisotopic (exact) mass is 314 g/mol. The summed E-state index contributed by atoms with van der Waals surface area (Å²) >= 11 is 5.63. The van der Waals surface area contributed by atoms with Crippen LogP contribution in [0, 0.1) is 0 Å². The zero-order valence-corrected chi connectivity index (χ0v) is 12.6. The normalized spacial score (nSPS) is 24.5. The number of thioether (sulfide) groups is 1. The van der Waals surface area contributed by atoms with Crippen molar-refractivity contribution in [2.45, 2.75) is 18.5 Å². The Morgan fingerprint density at radius 3 is 2.82 bits per heavy atom. The van der Waals surface area contributed by atoms with Gasteiger partial charge in [0.15, 0.2) is 0 Å². The molecule has 0 spiro atoms. The van der Waals surface area contributed by atoms with Gasteiger partial charge in [0.1, 0.15) is 0 Å². The third-order valence-corrected chi connectivity index (χ3v) is 5.65. The highest BCUT2D eigenvalue weighted by Gasteiger charge is 2.36. The predicted molar refractivity (Wildman–Crippen MR) is 79.3 cm³/mol. The Labute approximate surface area is 116 Å². The first-order valence-electron chi connectivity index (χ1n) is 5.90. The summed E-state index contributed by atoms with van der Waals surface area (Å²) in [5.74, 6) is 2.39. The maximum absolute atomic E-state index is 5.99. The molecule has 1 atom stereocenters. The second-order valence-corrected chi connectivity index (χ2v) is 6.64. The molecule has 94 valence electrons. The molecule has 4 heteroatoms. The fourth-order valence-electron chi connectivity index (χ4n) is 2.26. The van der Waals surface area contributed by atoms with Gasteiger partial charge in [-0.1, -0.05) is 34.1 Å². The zero-order valence-electron chi connectivity index (χ0n) is 10.2.